The average molecular weight is 474 g/mol. The predicted molar refractivity (Wildman–Crippen MR) is 132 cm³/mol. The van der Waals surface area contributed by atoms with E-state index >= 15 is 0 Å². The third-order valence-electron chi connectivity index (χ3n) is 4.92. The predicted octanol–water partition coefficient (Wildman–Crippen LogP) is 3.84. The first-order valence-corrected chi connectivity index (χ1v) is 11.2. The monoisotopic (exact) mass is 473 g/mol. The molecule has 1 aromatic heterocycles. The van der Waals surface area contributed by atoms with Crippen LogP contribution in [-0.2, 0) is 4.79 Å². The number of hydrogen-bond donors (Lipinski definition) is 1. The zero-order valence-corrected chi connectivity index (χ0v) is 18.9. The molecule has 0 saturated carbocycles. The van der Waals surface area contributed by atoms with Gasteiger partial charge in [-0.15, -0.1) is 0 Å². The number of rotatable bonds is 7. The standard InChI is InChI=1S/C24H19N5O4S/c1-16-7-2-5-12-21(16)28-23(31)19-10-3-4-11-20(19)26-24(28)34-15-22(30)27-25-14-17-8-6-9-18(13-17)29(32)33/h2-14H,15H2,1H3,(H,27,30)/b25-14-. The number of non-ortho nitro benzene ring substituents is 1. The smallest absolute Gasteiger partial charge is 0.270 e. The molecule has 1 heterocycles. The van der Waals surface area contributed by atoms with Crippen molar-refractivity contribution < 1.29 is 9.72 Å². The van der Waals surface area contributed by atoms with Crippen LogP contribution in [0.15, 0.2) is 87.8 Å². The minimum Gasteiger partial charge on any atom is -0.272 e. The number of thioether (sulfide) groups is 1. The molecule has 0 unspecified atom stereocenters. The Morgan fingerprint density at radius 3 is 2.71 bits per heavy atom. The Morgan fingerprint density at radius 1 is 1.15 bits per heavy atom. The summed E-state index contributed by atoms with van der Waals surface area (Å²) in [5, 5.41) is 15.6. The van der Waals surface area contributed by atoms with Gasteiger partial charge in [-0.05, 0) is 30.7 Å². The van der Waals surface area contributed by atoms with E-state index in [0.717, 1.165) is 17.3 Å². The van der Waals surface area contributed by atoms with Crippen LogP contribution in [0, 0.1) is 17.0 Å². The minimum atomic E-state index is -0.503. The van der Waals surface area contributed by atoms with Crippen LogP contribution in [0.5, 0.6) is 0 Å². The summed E-state index contributed by atoms with van der Waals surface area (Å²) in [6.07, 6.45) is 1.33. The van der Waals surface area contributed by atoms with Crippen LogP contribution in [0.2, 0.25) is 0 Å². The van der Waals surface area contributed by atoms with Gasteiger partial charge in [-0.1, -0.05) is 54.2 Å². The zero-order valence-electron chi connectivity index (χ0n) is 18.0. The number of benzene rings is 3. The summed E-state index contributed by atoms with van der Waals surface area (Å²) in [5.41, 5.74) is 4.73. The number of aromatic nitrogens is 2. The second-order valence-corrected chi connectivity index (χ2v) is 8.22. The minimum absolute atomic E-state index is 0.0388. The number of hydrogen-bond acceptors (Lipinski definition) is 7. The topological polar surface area (TPSA) is 119 Å². The molecule has 1 amide bonds. The quantitative estimate of drug-likeness (QED) is 0.143. The lowest BCUT2D eigenvalue weighted by atomic mass is 10.2. The van der Waals surface area contributed by atoms with Gasteiger partial charge < -0.3 is 0 Å². The van der Waals surface area contributed by atoms with Crippen LogP contribution < -0.4 is 11.0 Å². The maximum Gasteiger partial charge on any atom is 0.270 e. The summed E-state index contributed by atoms with van der Waals surface area (Å²) in [5.74, 6) is -0.450. The van der Waals surface area contributed by atoms with Gasteiger partial charge in [-0.2, -0.15) is 5.10 Å². The van der Waals surface area contributed by atoms with E-state index in [-0.39, 0.29) is 17.0 Å². The Kier molecular flexibility index (Phi) is 6.79. The van der Waals surface area contributed by atoms with E-state index in [1.165, 1.54) is 29.0 Å². The van der Waals surface area contributed by atoms with Gasteiger partial charge in [0.15, 0.2) is 5.16 Å². The van der Waals surface area contributed by atoms with Crippen molar-refractivity contribution in [3.63, 3.8) is 0 Å². The molecule has 4 aromatic rings. The van der Waals surface area contributed by atoms with E-state index in [1.807, 2.05) is 31.2 Å². The number of aryl methyl sites for hydroxylation is 1. The molecule has 0 spiro atoms. The van der Waals surface area contributed by atoms with Gasteiger partial charge >= 0.3 is 0 Å². The lowest BCUT2D eigenvalue weighted by Crippen LogP contribution is -2.24. The van der Waals surface area contributed by atoms with Gasteiger partial charge in [0.05, 0.1) is 33.5 Å². The van der Waals surface area contributed by atoms with Crippen LogP contribution in [0.3, 0.4) is 0 Å². The highest BCUT2D eigenvalue weighted by atomic mass is 32.2. The van der Waals surface area contributed by atoms with Crippen LogP contribution in [0.25, 0.3) is 16.6 Å². The molecule has 1 N–H and O–H groups in total. The molecule has 4 rings (SSSR count). The van der Waals surface area contributed by atoms with Gasteiger partial charge in [0, 0.05) is 17.7 Å². The van der Waals surface area contributed by atoms with Crippen LogP contribution >= 0.6 is 11.8 Å². The van der Waals surface area contributed by atoms with E-state index in [2.05, 4.69) is 15.5 Å². The van der Waals surface area contributed by atoms with Crippen molar-refractivity contribution in [2.75, 3.05) is 5.75 Å². The molecule has 0 bridgehead atoms. The molecular formula is C24H19N5O4S. The third kappa shape index (κ3) is 5.02. The number of amides is 1. The molecule has 0 aliphatic carbocycles. The normalized spacial score (nSPS) is 11.1. The van der Waals surface area contributed by atoms with Crippen molar-refractivity contribution >= 4 is 40.5 Å². The van der Waals surface area contributed by atoms with E-state index in [4.69, 9.17) is 0 Å². The Labute approximate surface area is 198 Å². The summed E-state index contributed by atoms with van der Waals surface area (Å²) >= 11 is 1.12. The van der Waals surface area contributed by atoms with E-state index in [9.17, 15) is 19.7 Å². The maximum absolute atomic E-state index is 13.3. The van der Waals surface area contributed by atoms with Crippen molar-refractivity contribution in [3.05, 3.63) is 104 Å². The first kappa shape index (κ1) is 22.9. The highest BCUT2D eigenvalue weighted by molar-refractivity contribution is 7.99. The summed E-state index contributed by atoms with van der Waals surface area (Å²) in [6.45, 7) is 1.90. The average Bonchev–Trinajstić information content (AvgIpc) is 2.84. The highest BCUT2D eigenvalue weighted by Gasteiger charge is 2.15. The Bertz CT molecular complexity index is 1480. The number of para-hydroxylation sites is 2. The highest BCUT2D eigenvalue weighted by Crippen LogP contribution is 2.23. The molecule has 10 heteroatoms. The molecule has 34 heavy (non-hydrogen) atoms. The lowest BCUT2D eigenvalue weighted by Gasteiger charge is -2.14. The largest absolute Gasteiger partial charge is 0.272 e. The fourth-order valence-corrected chi connectivity index (χ4v) is 4.09. The molecule has 0 atom stereocenters. The van der Waals surface area contributed by atoms with Gasteiger partial charge in [-0.3, -0.25) is 24.3 Å². The number of carbonyl (C=O) groups excluding carboxylic acids is 1. The van der Waals surface area contributed by atoms with Gasteiger partial charge in [0.2, 0.25) is 0 Å². The zero-order chi connectivity index (χ0) is 24.1. The summed E-state index contributed by atoms with van der Waals surface area (Å²) in [7, 11) is 0. The molecule has 9 nitrogen and oxygen atoms in total. The Morgan fingerprint density at radius 2 is 1.91 bits per heavy atom. The second-order valence-electron chi connectivity index (χ2n) is 7.27. The fourth-order valence-electron chi connectivity index (χ4n) is 3.30. The van der Waals surface area contributed by atoms with E-state index < -0.39 is 10.8 Å². The maximum atomic E-state index is 13.3. The molecule has 0 aliphatic heterocycles. The molecule has 170 valence electrons. The third-order valence-corrected chi connectivity index (χ3v) is 5.86. The van der Waals surface area contributed by atoms with E-state index in [1.54, 1.807) is 30.3 Å². The van der Waals surface area contributed by atoms with Crippen molar-refractivity contribution in [3.8, 4) is 5.69 Å². The van der Waals surface area contributed by atoms with Crippen molar-refractivity contribution in [2.45, 2.75) is 12.1 Å². The van der Waals surface area contributed by atoms with Crippen molar-refractivity contribution in [2.24, 2.45) is 5.10 Å². The molecule has 0 fully saturated rings. The van der Waals surface area contributed by atoms with Crippen molar-refractivity contribution in [1.29, 1.82) is 0 Å². The second kappa shape index (κ2) is 10.1. The molecule has 0 aliphatic rings. The Balaban J connectivity index is 1.55. The van der Waals surface area contributed by atoms with Gasteiger partial charge in [-0.25, -0.2) is 10.4 Å². The summed E-state index contributed by atoms with van der Waals surface area (Å²) in [4.78, 5) is 40.7. The van der Waals surface area contributed by atoms with Crippen LogP contribution in [0.4, 0.5) is 5.69 Å². The van der Waals surface area contributed by atoms with E-state index in [0.29, 0.717) is 27.3 Å². The Hall–Kier alpha value is -4.31. The van der Waals surface area contributed by atoms with Gasteiger partial charge in [0.1, 0.15) is 0 Å². The number of nitro benzene ring substituents is 1. The number of carbonyl (C=O) groups is 1. The first-order chi connectivity index (χ1) is 16.4. The number of hydrazone groups is 1. The fraction of sp³-hybridized carbons (Fsp3) is 0.0833. The molecule has 3 aromatic carbocycles. The van der Waals surface area contributed by atoms with Crippen LogP contribution in [0.1, 0.15) is 11.1 Å². The number of nitro groups is 1. The molecule has 0 radical (unpaired) electrons. The SMILES string of the molecule is Cc1ccccc1-n1c(SCC(=O)N/N=C\c2cccc([N+](=O)[O-])c2)nc2ccccc2c1=O. The summed E-state index contributed by atoms with van der Waals surface area (Å²) < 4.78 is 1.52. The first-order valence-electron chi connectivity index (χ1n) is 10.2. The van der Waals surface area contributed by atoms with Crippen LogP contribution in [-0.4, -0.2) is 32.3 Å². The molecular weight excluding hydrogens is 454 g/mol. The molecule has 0 saturated heterocycles. The lowest BCUT2D eigenvalue weighted by molar-refractivity contribution is -0.384. The number of fused-ring (bicyclic) bond motifs is 1. The van der Waals surface area contributed by atoms with Gasteiger partial charge in [0.25, 0.3) is 17.2 Å². The van der Waals surface area contributed by atoms with Crippen molar-refractivity contribution in [1.82, 2.24) is 15.0 Å². The number of nitrogens with zero attached hydrogens (tertiary/aromatic N) is 4. The summed E-state index contributed by atoms with van der Waals surface area (Å²) in [6, 6.07) is 20.4. The number of nitrogens with one attached hydrogen (secondary N) is 1.